The predicted molar refractivity (Wildman–Crippen MR) is 127 cm³/mol. The summed E-state index contributed by atoms with van der Waals surface area (Å²) in [4.78, 5) is 13.9. The van der Waals surface area contributed by atoms with E-state index in [1.54, 1.807) is 48.2 Å². The lowest BCUT2D eigenvalue weighted by atomic mass is 10.1. The topological polar surface area (TPSA) is 66.5 Å². The monoisotopic (exact) mass is 454 g/mol. The van der Waals surface area contributed by atoms with Crippen molar-refractivity contribution in [1.82, 2.24) is 5.32 Å². The Bertz CT molecular complexity index is 1120. The normalized spacial score (nSPS) is 11.2. The highest BCUT2D eigenvalue weighted by molar-refractivity contribution is 7.99. The Hall–Kier alpha value is -2.77. The lowest BCUT2D eigenvalue weighted by molar-refractivity contribution is -0.119. The summed E-state index contributed by atoms with van der Waals surface area (Å²) in [5.41, 5.74) is 2.33. The van der Waals surface area contributed by atoms with Gasteiger partial charge in [-0.1, -0.05) is 54.1 Å². The summed E-state index contributed by atoms with van der Waals surface area (Å²) >= 11 is 1.64. The molecule has 0 radical (unpaired) electrons. The van der Waals surface area contributed by atoms with Crippen molar-refractivity contribution in [2.45, 2.75) is 23.6 Å². The molecule has 31 heavy (non-hydrogen) atoms. The zero-order valence-corrected chi connectivity index (χ0v) is 19.2. The fraction of sp³-hybridized carbons (Fsp3) is 0.208. The first-order chi connectivity index (χ1) is 14.9. The average molecular weight is 455 g/mol. The van der Waals surface area contributed by atoms with Crippen LogP contribution in [0, 0.1) is 13.8 Å². The molecule has 0 heterocycles. The quantitative estimate of drug-likeness (QED) is 0.384. The van der Waals surface area contributed by atoms with Gasteiger partial charge in [-0.2, -0.15) is 0 Å². The number of nitrogens with zero attached hydrogens (tertiary/aromatic N) is 1. The van der Waals surface area contributed by atoms with Gasteiger partial charge in [-0.15, -0.1) is 11.8 Å². The molecule has 1 N–H and O–H groups in total. The van der Waals surface area contributed by atoms with Gasteiger partial charge in [0.1, 0.15) is 6.54 Å². The highest BCUT2D eigenvalue weighted by Crippen LogP contribution is 2.27. The first kappa shape index (κ1) is 22.9. The molecule has 5 nitrogen and oxygen atoms in total. The van der Waals surface area contributed by atoms with E-state index in [2.05, 4.69) is 5.32 Å². The van der Waals surface area contributed by atoms with E-state index in [-0.39, 0.29) is 17.3 Å². The number of amides is 1. The lowest BCUT2D eigenvalue weighted by Crippen LogP contribution is -2.41. The van der Waals surface area contributed by atoms with Crippen LogP contribution >= 0.6 is 11.8 Å². The van der Waals surface area contributed by atoms with Crippen molar-refractivity contribution >= 4 is 33.4 Å². The van der Waals surface area contributed by atoms with E-state index in [9.17, 15) is 13.2 Å². The highest BCUT2D eigenvalue weighted by atomic mass is 32.2. The van der Waals surface area contributed by atoms with Gasteiger partial charge in [-0.25, -0.2) is 8.42 Å². The number of anilines is 1. The van der Waals surface area contributed by atoms with Crippen LogP contribution in [0.25, 0.3) is 0 Å². The summed E-state index contributed by atoms with van der Waals surface area (Å²) in [5.74, 6) is 0.359. The second kappa shape index (κ2) is 10.5. The maximum absolute atomic E-state index is 13.4. The van der Waals surface area contributed by atoms with Crippen LogP contribution in [0.1, 0.15) is 11.1 Å². The minimum Gasteiger partial charge on any atom is -0.354 e. The summed E-state index contributed by atoms with van der Waals surface area (Å²) < 4.78 is 27.9. The Morgan fingerprint density at radius 3 is 2.23 bits per heavy atom. The summed E-state index contributed by atoms with van der Waals surface area (Å²) in [6.07, 6.45) is 0. The Balaban J connectivity index is 1.74. The number of carbonyl (C=O) groups is 1. The van der Waals surface area contributed by atoms with Gasteiger partial charge >= 0.3 is 0 Å². The molecule has 0 atom stereocenters. The maximum atomic E-state index is 13.4. The van der Waals surface area contributed by atoms with Crippen LogP contribution in [0.5, 0.6) is 0 Å². The fourth-order valence-electron chi connectivity index (χ4n) is 3.17. The van der Waals surface area contributed by atoms with Gasteiger partial charge < -0.3 is 5.32 Å². The molecular formula is C24H26N2O3S2. The van der Waals surface area contributed by atoms with Crippen molar-refractivity contribution in [3.05, 3.63) is 90.0 Å². The third-order valence-electron chi connectivity index (χ3n) is 4.68. The fourth-order valence-corrected chi connectivity index (χ4v) is 5.46. The molecule has 0 spiro atoms. The van der Waals surface area contributed by atoms with E-state index < -0.39 is 10.0 Å². The Labute approximate surface area is 188 Å². The van der Waals surface area contributed by atoms with Crippen molar-refractivity contribution in [2.24, 2.45) is 0 Å². The van der Waals surface area contributed by atoms with Gasteiger partial charge in [0.25, 0.3) is 10.0 Å². The first-order valence-electron chi connectivity index (χ1n) is 9.97. The van der Waals surface area contributed by atoms with E-state index >= 15 is 0 Å². The van der Waals surface area contributed by atoms with Crippen LogP contribution < -0.4 is 9.62 Å². The van der Waals surface area contributed by atoms with E-state index in [0.29, 0.717) is 18.0 Å². The molecule has 0 bridgehead atoms. The van der Waals surface area contributed by atoms with Gasteiger partial charge in [0.05, 0.1) is 10.6 Å². The molecule has 162 valence electrons. The van der Waals surface area contributed by atoms with Crippen molar-refractivity contribution in [3.8, 4) is 0 Å². The zero-order valence-electron chi connectivity index (χ0n) is 17.6. The van der Waals surface area contributed by atoms with Crippen LogP contribution in [-0.2, 0) is 14.8 Å². The first-order valence-corrected chi connectivity index (χ1v) is 12.4. The molecule has 0 aliphatic carbocycles. The van der Waals surface area contributed by atoms with E-state index in [1.807, 2.05) is 56.3 Å². The predicted octanol–water partition coefficient (Wildman–Crippen LogP) is 4.41. The van der Waals surface area contributed by atoms with Crippen LogP contribution in [-0.4, -0.2) is 33.2 Å². The largest absolute Gasteiger partial charge is 0.354 e. The second-order valence-corrected chi connectivity index (χ2v) is 10.2. The molecule has 3 rings (SSSR count). The van der Waals surface area contributed by atoms with Gasteiger partial charge in [0, 0.05) is 17.2 Å². The SMILES string of the molecule is Cc1ccc(N(CC(=O)NCCSc2ccccc2)S(=O)(=O)c2ccccc2)c(C)c1. The van der Waals surface area contributed by atoms with Gasteiger partial charge in [0.2, 0.25) is 5.91 Å². The number of thioether (sulfide) groups is 1. The van der Waals surface area contributed by atoms with Crippen molar-refractivity contribution in [1.29, 1.82) is 0 Å². The molecule has 0 aliphatic rings. The molecular weight excluding hydrogens is 428 g/mol. The summed E-state index contributed by atoms with van der Waals surface area (Å²) in [6, 6.07) is 23.6. The molecule has 0 saturated heterocycles. The Morgan fingerprint density at radius 2 is 1.58 bits per heavy atom. The molecule has 3 aromatic carbocycles. The van der Waals surface area contributed by atoms with Crippen LogP contribution in [0.2, 0.25) is 0 Å². The second-order valence-electron chi connectivity index (χ2n) is 7.13. The number of nitrogens with one attached hydrogen (secondary N) is 1. The third kappa shape index (κ3) is 6.12. The molecule has 0 saturated carbocycles. The highest BCUT2D eigenvalue weighted by Gasteiger charge is 2.28. The zero-order chi connectivity index (χ0) is 22.3. The molecule has 0 fully saturated rings. The third-order valence-corrected chi connectivity index (χ3v) is 7.46. The molecule has 0 aromatic heterocycles. The number of hydrogen-bond donors (Lipinski definition) is 1. The van der Waals surface area contributed by atoms with Crippen LogP contribution in [0.4, 0.5) is 5.69 Å². The van der Waals surface area contributed by atoms with E-state index in [1.165, 1.54) is 4.31 Å². The molecule has 1 amide bonds. The van der Waals surface area contributed by atoms with Crippen molar-refractivity contribution in [3.63, 3.8) is 0 Å². The standard InChI is InChI=1S/C24H26N2O3S2/c1-19-13-14-23(20(2)17-19)26(31(28,29)22-11-7-4-8-12-22)18-24(27)25-15-16-30-21-9-5-3-6-10-21/h3-14,17H,15-16,18H2,1-2H3,(H,25,27). The summed E-state index contributed by atoms with van der Waals surface area (Å²) in [6.45, 7) is 3.97. The van der Waals surface area contributed by atoms with Crippen molar-refractivity contribution in [2.75, 3.05) is 23.1 Å². The van der Waals surface area contributed by atoms with Gasteiger partial charge in [-0.05, 0) is 49.7 Å². The number of hydrogen-bond acceptors (Lipinski definition) is 4. The molecule has 0 unspecified atom stereocenters. The van der Waals surface area contributed by atoms with Crippen molar-refractivity contribution < 1.29 is 13.2 Å². The number of benzene rings is 3. The minimum atomic E-state index is -3.89. The van der Waals surface area contributed by atoms with E-state index in [0.717, 1.165) is 16.0 Å². The minimum absolute atomic E-state index is 0.155. The van der Waals surface area contributed by atoms with Gasteiger partial charge in [-0.3, -0.25) is 9.10 Å². The van der Waals surface area contributed by atoms with E-state index in [4.69, 9.17) is 0 Å². The molecule has 3 aromatic rings. The summed E-state index contributed by atoms with van der Waals surface area (Å²) in [7, 11) is -3.89. The number of aryl methyl sites for hydroxylation is 2. The number of sulfonamides is 1. The average Bonchev–Trinajstić information content (AvgIpc) is 2.77. The smallest absolute Gasteiger partial charge is 0.264 e. The molecule has 0 aliphatic heterocycles. The Morgan fingerprint density at radius 1 is 0.935 bits per heavy atom. The van der Waals surface area contributed by atoms with Crippen LogP contribution in [0.15, 0.2) is 88.7 Å². The molecule has 7 heteroatoms. The number of rotatable bonds is 9. The number of carbonyl (C=O) groups excluding carboxylic acids is 1. The maximum Gasteiger partial charge on any atom is 0.264 e. The lowest BCUT2D eigenvalue weighted by Gasteiger charge is -2.26. The van der Waals surface area contributed by atoms with Gasteiger partial charge in [0.15, 0.2) is 0 Å². The summed E-state index contributed by atoms with van der Waals surface area (Å²) in [5, 5.41) is 2.84. The Kier molecular flexibility index (Phi) is 7.76. The van der Waals surface area contributed by atoms with Crippen LogP contribution in [0.3, 0.4) is 0 Å².